The summed E-state index contributed by atoms with van der Waals surface area (Å²) in [7, 11) is 0. The van der Waals surface area contributed by atoms with E-state index in [1.807, 2.05) is 30.3 Å². The maximum absolute atomic E-state index is 13.4. The zero-order valence-corrected chi connectivity index (χ0v) is 21.3. The first kappa shape index (κ1) is 29.0. The number of nitrogens with zero attached hydrogens (tertiary/aromatic N) is 3. The number of carbonyl (C=O) groups is 2. The highest BCUT2D eigenvalue weighted by atomic mass is 19.4. The van der Waals surface area contributed by atoms with Crippen molar-refractivity contribution in [2.24, 2.45) is 0 Å². The lowest BCUT2D eigenvalue weighted by Crippen LogP contribution is -2.55. The molecular weight excluding hydrogens is 499 g/mol. The van der Waals surface area contributed by atoms with Gasteiger partial charge in [0.25, 0.3) is 0 Å². The van der Waals surface area contributed by atoms with Gasteiger partial charge in [0.2, 0.25) is 5.91 Å². The fraction of sp³-hybridized carbons (Fsp3) is 0.444. The van der Waals surface area contributed by atoms with E-state index in [1.54, 1.807) is 11.0 Å². The number of pyridine rings is 1. The van der Waals surface area contributed by atoms with E-state index in [0.717, 1.165) is 24.6 Å². The highest BCUT2D eigenvalue weighted by molar-refractivity contribution is 5.86. The molecule has 0 radical (unpaired) electrons. The Bertz CT molecular complexity index is 1040. The van der Waals surface area contributed by atoms with Crippen molar-refractivity contribution < 1.29 is 27.5 Å². The molecule has 2 heterocycles. The highest BCUT2D eigenvalue weighted by Crippen LogP contribution is 2.35. The SMILES string of the molecule is C=CCNCCCC[C@H](NC(=O)OCc1ccccc1)C(=O)N1CCN(c2ncccc2C(F)(F)F)CC1. The Morgan fingerprint density at radius 2 is 1.82 bits per heavy atom. The van der Waals surface area contributed by atoms with Gasteiger partial charge in [-0.25, -0.2) is 9.78 Å². The summed E-state index contributed by atoms with van der Waals surface area (Å²) in [6.07, 6.45) is -0.237. The number of anilines is 1. The van der Waals surface area contributed by atoms with Gasteiger partial charge in [0, 0.05) is 38.9 Å². The summed E-state index contributed by atoms with van der Waals surface area (Å²) < 4.78 is 45.6. The van der Waals surface area contributed by atoms with Gasteiger partial charge in [-0.3, -0.25) is 4.79 Å². The molecule has 1 saturated heterocycles. The second-order valence-electron chi connectivity index (χ2n) is 8.93. The van der Waals surface area contributed by atoms with Crippen LogP contribution in [0.5, 0.6) is 0 Å². The summed E-state index contributed by atoms with van der Waals surface area (Å²) in [4.78, 5) is 32.9. The number of amides is 2. The van der Waals surface area contributed by atoms with E-state index in [4.69, 9.17) is 4.74 Å². The number of nitrogens with one attached hydrogen (secondary N) is 2. The van der Waals surface area contributed by atoms with E-state index in [-0.39, 0.29) is 44.5 Å². The molecule has 0 spiro atoms. The molecule has 3 rings (SSSR count). The quantitative estimate of drug-likeness (QED) is 0.317. The molecular formula is C27H34F3N5O3. The first-order chi connectivity index (χ1) is 18.3. The second-order valence-corrected chi connectivity index (χ2v) is 8.93. The minimum Gasteiger partial charge on any atom is -0.445 e. The van der Waals surface area contributed by atoms with Crippen molar-refractivity contribution in [1.29, 1.82) is 0 Å². The van der Waals surface area contributed by atoms with Crippen LogP contribution in [0.2, 0.25) is 0 Å². The van der Waals surface area contributed by atoms with Gasteiger partial charge in [-0.05, 0) is 43.5 Å². The number of benzene rings is 1. The summed E-state index contributed by atoms with van der Waals surface area (Å²) >= 11 is 0. The van der Waals surface area contributed by atoms with Crippen LogP contribution in [-0.4, -0.2) is 67.2 Å². The molecule has 2 aromatic rings. The third kappa shape index (κ3) is 8.76. The lowest BCUT2D eigenvalue weighted by molar-refractivity contribution is -0.138. The van der Waals surface area contributed by atoms with E-state index < -0.39 is 23.9 Å². The number of carbonyl (C=O) groups excluding carboxylic acids is 2. The van der Waals surface area contributed by atoms with Crippen LogP contribution in [0, 0.1) is 0 Å². The molecule has 1 aromatic heterocycles. The molecule has 2 N–H and O–H groups in total. The number of piperazine rings is 1. The Morgan fingerprint density at radius 1 is 1.08 bits per heavy atom. The highest BCUT2D eigenvalue weighted by Gasteiger charge is 2.37. The molecule has 11 heteroatoms. The molecule has 0 unspecified atom stereocenters. The maximum atomic E-state index is 13.4. The van der Waals surface area contributed by atoms with Crippen molar-refractivity contribution in [2.45, 2.75) is 38.1 Å². The first-order valence-electron chi connectivity index (χ1n) is 12.6. The predicted molar refractivity (Wildman–Crippen MR) is 139 cm³/mol. The summed E-state index contributed by atoms with van der Waals surface area (Å²) in [6, 6.07) is 10.7. The zero-order valence-electron chi connectivity index (χ0n) is 21.3. The Morgan fingerprint density at radius 3 is 2.50 bits per heavy atom. The number of halogens is 3. The number of rotatable bonds is 12. The summed E-state index contributed by atoms with van der Waals surface area (Å²) in [6.45, 7) is 5.98. The lowest BCUT2D eigenvalue weighted by atomic mass is 10.1. The van der Waals surface area contributed by atoms with Crippen molar-refractivity contribution in [3.05, 3.63) is 72.4 Å². The second kappa shape index (κ2) is 14.4. The van der Waals surface area contributed by atoms with E-state index >= 15 is 0 Å². The smallest absolute Gasteiger partial charge is 0.419 e. The topological polar surface area (TPSA) is 86.8 Å². The van der Waals surface area contributed by atoms with E-state index in [2.05, 4.69) is 22.2 Å². The fourth-order valence-electron chi connectivity index (χ4n) is 4.20. The van der Waals surface area contributed by atoms with Crippen LogP contribution >= 0.6 is 0 Å². The maximum Gasteiger partial charge on any atom is 0.419 e. The van der Waals surface area contributed by atoms with Gasteiger partial charge in [-0.2, -0.15) is 13.2 Å². The molecule has 0 bridgehead atoms. The number of hydrogen-bond donors (Lipinski definition) is 2. The third-order valence-corrected chi connectivity index (χ3v) is 6.17. The van der Waals surface area contributed by atoms with E-state index in [1.165, 1.54) is 17.2 Å². The van der Waals surface area contributed by atoms with Crippen molar-refractivity contribution in [3.8, 4) is 0 Å². The number of hydrogen-bond acceptors (Lipinski definition) is 6. The Balaban J connectivity index is 1.59. The van der Waals surface area contributed by atoms with Gasteiger partial charge in [0.15, 0.2) is 0 Å². The van der Waals surface area contributed by atoms with Gasteiger partial charge in [0.05, 0.1) is 5.56 Å². The van der Waals surface area contributed by atoms with Crippen LogP contribution in [-0.2, 0) is 22.3 Å². The van der Waals surface area contributed by atoms with Crippen LogP contribution in [0.4, 0.5) is 23.8 Å². The normalized spacial score (nSPS) is 14.6. The van der Waals surface area contributed by atoms with E-state index in [9.17, 15) is 22.8 Å². The standard InChI is InChI=1S/C27H34F3N5O3/c1-2-13-31-14-7-6-12-23(33-26(37)38-20-21-9-4-3-5-10-21)25(36)35-18-16-34(17-19-35)24-22(27(28,29)30)11-8-15-32-24/h2-5,8-11,15,23,31H,1,6-7,12-14,16-20H2,(H,33,37)/t23-/m0/s1. The Hall–Kier alpha value is -3.60. The minimum atomic E-state index is -4.52. The van der Waals surface area contributed by atoms with Gasteiger partial charge >= 0.3 is 12.3 Å². The summed E-state index contributed by atoms with van der Waals surface area (Å²) in [5.74, 6) is -0.421. The monoisotopic (exact) mass is 533 g/mol. The lowest BCUT2D eigenvalue weighted by Gasteiger charge is -2.37. The molecule has 0 saturated carbocycles. The Labute approximate surface area is 220 Å². The number of unbranched alkanes of at least 4 members (excludes halogenated alkanes) is 1. The zero-order chi connectivity index (χ0) is 27.4. The first-order valence-corrected chi connectivity index (χ1v) is 12.6. The average molecular weight is 534 g/mol. The van der Waals surface area contributed by atoms with Gasteiger partial charge in [-0.1, -0.05) is 36.4 Å². The molecule has 1 aliphatic heterocycles. The van der Waals surface area contributed by atoms with Crippen LogP contribution in [0.15, 0.2) is 61.3 Å². The molecule has 1 atom stereocenters. The molecule has 206 valence electrons. The molecule has 38 heavy (non-hydrogen) atoms. The van der Waals surface area contributed by atoms with Crippen LogP contribution < -0.4 is 15.5 Å². The van der Waals surface area contributed by atoms with Crippen molar-refractivity contribution in [2.75, 3.05) is 44.2 Å². The molecule has 1 aliphatic rings. The Kier molecular flexibility index (Phi) is 11.0. The van der Waals surface area contributed by atoms with Crippen LogP contribution in [0.3, 0.4) is 0 Å². The third-order valence-electron chi connectivity index (χ3n) is 6.17. The van der Waals surface area contributed by atoms with Gasteiger partial charge < -0.3 is 25.2 Å². The summed E-state index contributed by atoms with van der Waals surface area (Å²) in [5, 5.41) is 5.89. The number of alkyl halides is 3. The molecule has 1 fully saturated rings. The largest absolute Gasteiger partial charge is 0.445 e. The van der Waals surface area contributed by atoms with Crippen LogP contribution in [0.1, 0.15) is 30.4 Å². The van der Waals surface area contributed by atoms with Crippen molar-refractivity contribution >= 4 is 17.8 Å². The van der Waals surface area contributed by atoms with E-state index in [0.29, 0.717) is 19.4 Å². The fourth-order valence-corrected chi connectivity index (χ4v) is 4.20. The van der Waals surface area contributed by atoms with Gasteiger partial charge in [0.1, 0.15) is 18.5 Å². The van der Waals surface area contributed by atoms with Gasteiger partial charge in [-0.15, -0.1) is 6.58 Å². The molecule has 2 amide bonds. The molecule has 1 aromatic carbocycles. The van der Waals surface area contributed by atoms with Crippen LogP contribution in [0.25, 0.3) is 0 Å². The molecule has 0 aliphatic carbocycles. The number of aromatic nitrogens is 1. The molecule has 8 nitrogen and oxygen atoms in total. The predicted octanol–water partition coefficient (Wildman–Crippen LogP) is 3.99. The number of ether oxygens (including phenoxy) is 1. The number of alkyl carbamates (subject to hydrolysis) is 1. The average Bonchev–Trinajstić information content (AvgIpc) is 2.93. The van der Waals surface area contributed by atoms with Crippen molar-refractivity contribution in [3.63, 3.8) is 0 Å². The van der Waals surface area contributed by atoms with Crippen molar-refractivity contribution in [1.82, 2.24) is 20.5 Å². The minimum absolute atomic E-state index is 0.0728. The summed E-state index contributed by atoms with van der Waals surface area (Å²) in [5.41, 5.74) is 0.0215.